The van der Waals surface area contributed by atoms with Crippen LogP contribution < -0.4 is 9.08 Å². The first-order chi connectivity index (χ1) is 6.38. The highest BCUT2D eigenvalue weighted by atomic mass is 32.3. The molecule has 6 heteroatoms. The Bertz CT molecular complexity index is 396. The molecular formula is C8H11NO4S. The predicted molar refractivity (Wildman–Crippen MR) is 52.9 cm³/mol. The highest BCUT2D eigenvalue weighted by Crippen LogP contribution is 2.18. The Kier molecular flexibility index (Phi) is 2.97. The largest absolute Gasteiger partial charge is 0.446 e. The van der Waals surface area contributed by atoms with Gasteiger partial charge >= 0.3 is 10.4 Å². The highest BCUT2D eigenvalue weighted by molar-refractivity contribution is 7.81. The fourth-order valence-electron chi connectivity index (χ4n) is 0.921. The van der Waals surface area contributed by atoms with E-state index >= 15 is 0 Å². The molecule has 0 radical (unpaired) electrons. The van der Waals surface area contributed by atoms with Crippen LogP contribution in [-0.2, 0) is 10.4 Å². The van der Waals surface area contributed by atoms with Crippen molar-refractivity contribution in [3.63, 3.8) is 0 Å². The first-order valence-corrected chi connectivity index (χ1v) is 5.19. The van der Waals surface area contributed by atoms with Crippen molar-refractivity contribution in [3.8, 4) is 5.75 Å². The summed E-state index contributed by atoms with van der Waals surface area (Å²) >= 11 is 0. The quantitative estimate of drug-likeness (QED) is 0.763. The third-order valence-electron chi connectivity index (χ3n) is 1.55. The molecule has 1 N–H and O–H groups in total. The first kappa shape index (κ1) is 10.8. The lowest BCUT2D eigenvalue weighted by molar-refractivity contribution is 0.387. The number of hydrogen-bond acceptors (Lipinski definition) is 4. The van der Waals surface area contributed by atoms with Crippen LogP contribution in [0.3, 0.4) is 0 Å². The zero-order chi connectivity index (χ0) is 10.8. The van der Waals surface area contributed by atoms with Crippen LogP contribution in [0.25, 0.3) is 0 Å². The van der Waals surface area contributed by atoms with Gasteiger partial charge < -0.3 is 9.08 Å². The monoisotopic (exact) mass is 217 g/mol. The van der Waals surface area contributed by atoms with Crippen molar-refractivity contribution in [2.24, 2.45) is 0 Å². The topological polar surface area (TPSA) is 66.8 Å². The summed E-state index contributed by atoms with van der Waals surface area (Å²) in [6, 6.07) is 6.28. The van der Waals surface area contributed by atoms with Crippen LogP contribution in [0.2, 0.25) is 0 Å². The first-order valence-electron chi connectivity index (χ1n) is 3.83. The second kappa shape index (κ2) is 3.85. The molecule has 0 bridgehead atoms. The second-order valence-corrected chi connectivity index (χ2v) is 3.92. The van der Waals surface area contributed by atoms with Gasteiger partial charge in [0.2, 0.25) is 0 Å². The molecule has 0 aromatic heterocycles. The minimum absolute atomic E-state index is 0.0816. The Morgan fingerprint density at radius 1 is 1.21 bits per heavy atom. The van der Waals surface area contributed by atoms with Crippen molar-refractivity contribution in [3.05, 3.63) is 24.3 Å². The van der Waals surface area contributed by atoms with Gasteiger partial charge in [-0.3, -0.25) is 4.55 Å². The predicted octanol–water partition coefficient (Wildman–Crippen LogP) is 0.934. The highest BCUT2D eigenvalue weighted by Gasteiger charge is 2.06. The van der Waals surface area contributed by atoms with Crippen molar-refractivity contribution >= 4 is 16.1 Å². The third kappa shape index (κ3) is 3.23. The summed E-state index contributed by atoms with van der Waals surface area (Å²) in [5, 5.41) is 0. The van der Waals surface area contributed by atoms with Crippen LogP contribution in [0.15, 0.2) is 24.3 Å². The zero-order valence-corrected chi connectivity index (χ0v) is 8.65. The number of benzene rings is 1. The lowest BCUT2D eigenvalue weighted by Crippen LogP contribution is -2.09. The molecule has 14 heavy (non-hydrogen) atoms. The van der Waals surface area contributed by atoms with Crippen LogP contribution in [0.4, 0.5) is 5.69 Å². The summed E-state index contributed by atoms with van der Waals surface area (Å²) in [6.45, 7) is 0. The fourth-order valence-corrected chi connectivity index (χ4v) is 1.28. The van der Waals surface area contributed by atoms with Gasteiger partial charge in [0.05, 0.1) is 0 Å². The smallest absolute Gasteiger partial charge is 0.378 e. The Hall–Kier alpha value is -1.27. The summed E-state index contributed by atoms with van der Waals surface area (Å²) in [4.78, 5) is 1.86. The fraction of sp³-hybridized carbons (Fsp3) is 0.250. The molecule has 5 nitrogen and oxygen atoms in total. The molecule has 0 saturated heterocycles. The number of hydrogen-bond donors (Lipinski definition) is 1. The van der Waals surface area contributed by atoms with Gasteiger partial charge in [-0.25, -0.2) is 0 Å². The van der Waals surface area contributed by atoms with Crippen LogP contribution in [0, 0.1) is 0 Å². The van der Waals surface area contributed by atoms with Crippen LogP contribution in [0.1, 0.15) is 0 Å². The lowest BCUT2D eigenvalue weighted by atomic mass is 10.3. The summed E-state index contributed by atoms with van der Waals surface area (Å²) in [5.41, 5.74) is 0.910. The summed E-state index contributed by atoms with van der Waals surface area (Å²) in [5.74, 6) is 0.0816. The SMILES string of the molecule is CN(C)c1ccc(OS(=O)(=O)O)cc1. The molecule has 78 valence electrons. The van der Waals surface area contributed by atoms with Gasteiger partial charge in [-0.15, -0.1) is 0 Å². The molecule has 0 atom stereocenters. The minimum Gasteiger partial charge on any atom is -0.378 e. The lowest BCUT2D eigenvalue weighted by Gasteiger charge is -2.12. The van der Waals surface area contributed by atoms with Gasteiger partial charge in [0, 0.05) is 19.8 Å². The molecule has 0 aliphatic carbocycles. The van der Waals surface area contributed by atoms with Crippen LogP contribution in [-0.4, -0.2) is 27.1 Å². The van der Waals surface area contributed by atoms with E-state index in [1.165, 1.54) is 12.1 Å². The molecule has 1 aromatic carbocycles. The number of rotatable bonds is 3. The Labute approximate surface area is 82.9 Å². The Balaban J connectivity index is 2.84. The molecule has 0 heterocycles. The van der Waals surface area contributed by atoms with Gasteiger partial charge in [0.25, 0.3) is 0 Å². The standard InChI is InChI=1S/C8H11NO4S/c1-9(2)7-3-5-8(6-4-7)13-14(10,11)12/h3-6H,1-2H3,(H,10,11,12). The van der Waals surface area contributed by atoms with Crippen molar-refractivity contribution < 1.29 is 17.2 Å². The van der Waals surface area contributed by atoms with Crippen molar-refractivity contribution in [1.82, 2.24) is 0 Å². The van der Waals surface area contributed by atoms with E-state index in [0.717, 1.165) is 5.69 Å². The normalized spacial score (nSPS) is 11.1. The van der Waals surface area contributed by atoms with E-state index in [-0.39, 0.29) is 5.75 Å². The van der Waals surface area contributed by atoms with Crippen molar-refractivity contribution in [2.45, 2.75) is 0 Å². The number of anilines is 1. The van der Waals surface area contributed by atoms with E-state index in [0.29, 0.717) is 0 Å². The summed E-state index contributed by atoms with van der Waals surface area (Å²) in [7, 11) is -0.704. The minimum atomic E-state index is -4.42. The Morgan fingerprint density at radius 2 is 1.71 bits per heavy atom. The van der Waals surface area contributed by atoms with E-state index in [1.807, 2.05) is 19.0 Å². The maximum absolute atomic E-state index is 10.3. The molecule has 0 unspecified atom stereocenters. The maximum atomic E-state index is 10.3. The summed E-state index contributed by atoms with van der Waals surface area (Å²) in [6.07, 6.45) is 0. The molecule has 0 fully saturated rings. The van der Waals surface area contributed by atoms with E-state index < -0.39 is 10.4 Å². The van der Waals surface area contributed by atoms with Gasteiger partial charge in [-0.1, -0.05) is 0 Å². The second-order valence-electron chi connectivity index (χ2n) is 2.90. The average molecular weight is 217 g/mol. The number of nitrogens with zero attached hydrogens (tertiary/aromatic N) is 1. The molecule has 0 aliphatic rings. The summed E-state index contributed by atoms with van der Waals surface area (Å²) < 4.78 is 33.3. The van der Waals surface area contributed by atoms with Gasteiger partial charge in [0.15, 0.2) is 0 Å². The van der Waals surface area contributed by atoms with E-state index in [4.69, 9.17) is 4.55 Å². The van der Waals surface area contributed by atoms with E-state index in [2.05, 4.69) is 4.18 Å². The molecule has 1 rings (SSSR count). The zero-order valence-electron chi connectivity index (χ0n) is 7.84. The molecule has 0 spiro atoms. The molecular weight excluding hydrogens is 206 g/mol. The third-order valence-corrected chi connectivity index (χ3v) is 1.96. The molecule has 0 amide bonds. The van der Waals surface area contributed by atoms with Gasteiger partial charge in [0.1, 0.15) is 5.75 Å². The van der Waals surface area contributed by atoms with Crippen molar-refractivity contribution in [1.29, 1.82) is 0 Å². The maximum Gasteiger partial charge on any atom is 0.446 e. The molecule has 0 aliphatic heterocycles. The molecule has 1 aromatic rings. The van der Waals surface area contributed by atoms with Gasteiger partial charge in [-0.05, 0) is 24.3 Å². The van der Waals surface area contributed by atoms with Crippen molar-refractivity contribution in [2.75, 3.05) is 19.0 Å². The van der Waals surface area contributed by atoms with Gasteiger partial charge in [-0.2, -0.15) is 8.42 Å². The van der Waals surface area contributed by atoms with E-state index in [1.54, 1.807) is 12.1 Å². The van der Waals surface area contributed by atoms with Crippen LogP contribution >= 0.6 is 0 Å². The van der Waals surface area contributed by atoms with Crippen LogP contribution in [0.5, 0.6) is 5.75 Å². The molecule has 0 saturated carbocycles. The average Bonchev–Trinajstić information content (AvgIpc) is 2.02. The Morgan fingerprint density at radius 3 is 2.07 bits per heavy atom. The van der Waals surface area contributed by atoms with E-state index in [9.17, 15) is 8.42 Å².